The highest BCUT2D eigenvalue weighted by atomic mass is 16.2. The minimum atomic E-state index is -0.202. The molecule has 7 heteroatoms. The third-order valence-electron chi connectivity index (χ3n) is 3.68. The van der Waals surface area contributed by atoms with E-state index >= 15 is 0 Å². The monoisotopic (exact) mass is 323 g/mol. The van der Waals surface area contributed by atoms with Gasteiger partial charge in [-0.1, -0.05) is 12.1 Å². The van der Waals surface area contributed by atoms with Crippen LogP contribution in [0, 0.1) is 0 Å². The van der Waals surface area contributed by atoms with Gasteiger partial charge in [-0.3, -0.25) is 9.59 Å². The van der Waals surface area contributed by atoms with Gasteiger partial charge in [-0.2, -0.15) is 10.2 Å². The molecule has 0 spiro atoms. The quantitative estimate of drug-likeness (QED) is 0.830. The molecule has 1 aliphatic rings. The SMILES string of the molecule is C=CCNC(=O)c1ccc2c(c1)NC(=O)CN(c1ccnnc1)C2. The molecule has 3 rings (SSSR count). The topological polar surface area (TPSA) is 87.2 Å². The smallest absolute Gasteiger partial charge is 0.251 e. The van der Waals surface area contributed by atoms with Crippen molar-refractivity contribution >= 4 is 23.2 Å². The number of amides is 2. The Balaban J connectivity index is 1.87. The Morgan fingerprint density at radius 3 is 2.96 bits per heavy atom. The molecule has 2 heterocycles. The molecule has 2 amide bonds. The molecule has 7 nitrogen and oxygen atoms in total. The first kappa shape index (κ1) is 15.7. The van der Waals surface area contributed by atoms with Crippen molar-refractivity contribution in [3.8, 4) is 0 Å². The number of hydrogen-bond donors (Lipinski definition) is 2. The van der Waals surface area contributed by atoms with Gasteiger partial charge in [0.05, 0.1) is 24.6 Å². The molecule has 2 aromatic rings. The van der Waals surface area contributed by atoms with Crippen molar-refractivity contribution in [2.75, 3.05) is 23.3 Å². The third-order valence-corrected chi connectivity index (χ3v) is 3.68. The Labute approximate surface area is 139 Å². The minimum absolute atomic E-state index is 0.144. The van der Waals surface area contributed by atoms with Gasteiger partial charge >= 0.3 is 0 Å². The summed E-state index contributed by atoms with van der Waals surface area (Å²) in [5.74, 6) is -0.347. The molecule has 0 bridgehead atoms. The molecule has 0 radical (unpaired) electrons. The van der Waals surface area contributed by atoms with Gasteiger partial charge < -0.3 is 15.5 Å². The van der Waals surface area contributed by atoms with Crippen LogP contribution in [-0.2, 0) is 11.3 Å². The fourth-order valence-electron chi connectivity index (χ4n) is 2.52. The van der Waals surface area contributed by atoms with Crippen molar-refractivity contribution in [1.82, 2.24) is 15.5 Å². The van der Waals surface area contributed by atoms with Crippen molar-refractivity contribution < 1.29 is 9.59 Å². The van der Waals surface area contributed by atoms with Crippen LogP contribution in [0.2, 0.25) is 0 Å². The number of nitrogens with one attached hydrogen (secondary N) is 2. The summed E-state index contributed by atoms with van der Waals surface area (Å²) in [7, 11) is 0. The fraction of sp³-hybridized carbons (Fsp3) is 0.176. The summed E-state index contributed by atoms with van der Waals surface area (Å²) < 4.78 is 0. The molecule has 0 aliphatic carbocycles. The fourth-order valence-corrected chi connectivity index (χ4v) is 2.52. The van der Waals surface area contributed by atoms with E-state index in [0.29, 0.717) is 24.3 Å². The number of rotatable bonds is 4. The summed E-state index contributed by atoms with van der Waals surface area (Å²) in [6.07, 6.45) is 4.82. The lowest BCUT2D eigenvalue weighted by Crippen LogP contribution is -2.29. The average Bonchev–Trinajstić information content (AvgIpc) is 2.77. The zero-order chi connectivity index (χ0) is 16.9. The second kappa shape index (κ2) is 6.91. The van der Waals surface area contributed by atoms with Crippen molar-refractivity contribution in [2.45, 2.75) is 6.54 Å². The van der Waals surface area contributed by atoms with E-state index in [-0.39, 0.29) is 18.4 Å². The summed E-state index contributed by atoms with van der Waals surface area (Å²) in [5, 5.41) is 13.2. The molecule has 1 aromatic heterocycles. The maximum absolute atomic E-state index is 12.2. The van der Waals surface area contributed by atoms with Crippen molar-refractivity contribution in [3.05, 3.63) is 60.4 Å². The predicted molar refractivity (Wildman–Crippen MR) is 90.7 cm³/mol. The summed E-state index contributed by atoms with van der Waals surface area (Å²) in [5.41, 5.74) is 2.89. The van der Waals surface area contributed by atoms with Crippen LogP contribution in [0.5, 0.6) is 0 Å². The number of benzene rings is 1. The Hall–Kier alpha value is -3.22. The maximum atomic E-state index is 12.2. The normalized spacial score (nSPS) is 13.5. The molecule has 0 fully saturated rings. The van der Waals surface area contributed by atoms with E-state index < -0.39 is 0 Å². The summed E-state index contributed by atoms with van der Waals surface area (Å²) >= 11 is 0. The number of anilines is 2. The molecule has 1 aliphatic heterocycles. The van der Waals surface area contributed by atoms with E-state index in [1.165, 1.54) is 0 Å². The van der Waals surface area contributed by atoms with Gasteiger partial charge in [-0.25, -0.2) is 0 Å². The van der Waals surface area contributed by atoms with Gasteiger partial charge in [0.25, 0.3) is 5.91 Å². The first-order valence-corrected chi connectivity index (χ1v) is 7.51. The Morgan fingerprint density at radius 2 is 2.21 bits per heavy atom. The van der Waals surface area contributed by atoms with Crippen molar-refractivity contribution in [1.29, 1.82) is 0 Å². The molecular weight excluding hydrogens is 306 g/mol. The molecular formula is C17H17N5O2. The van der Waals surface area contributed by atoms with Crippen LogP contribution >= 0.6 is 0 Å². The van der Waals surface area contributed by atoms with E-state index in [1.807, 2.05) is 17.0 Å². The highest BCUT2D eigenvalue weighted by Crippen LogP contribution is 2.25. The van der Waals surface area contributed by atoms with Gasteiger partial charge in [0.1, 0.15) is 0 Å². The first-order chi connectivity index (χ1) is 11.7. The molecule has 0 atom stereocenters. The van der Waals surface area contributed by atoms with Crippen molar-refractivity contribution in [3.63, 3.8) is 0 Å². The standard InChI is InChI=1S/C17H17N5O2/c1-2-6-18-17(24)12-3-4-13-10-22(14-5-7-19-20-9-14)11-16(23)21-15(13)8-12/h2-5,7-9H,1,6,10-11H2,(H,18,24)(H,21,23). The Kier molecular flexibility index (Phi) is 4.51. The summed E-state index contributed by atoms with van der Waals surface area (Å²) in [4.78, 5) is 26.1. The molecule has 0 unspecified atom stereocenters. The summed E-state index contributed by atoms with van der Waals surface area (Å²) in [6.45, 7) is 4.71. The van der Waals surface area contributed by atoms with Crippen LogP contribution in [0.15, 0.2) is 49.3 Å². The van der Waals surface area contributed by atoms with Crippen LogP contribution in [0.3, 0.4) is 0 Å². The molecule has 1 aromatic carbocycles. The maximum Gasteiger partial charge on any atom is 0.251 e. The number of nitrogens with zero attached hydrogens (tertiary/aromatic N) is 3. The zero-order valence-corrected chi connectivity index (χ0v) is 13.0. The molecule has 0 saturated carbocycles. The minimum Gasteiger partial charge on any atom is -0.356 e. The lowest BCUT2D eigenvalue weighted by molar-refractivity contribution is -0.114. The zero-order valence-electron chi connectivity index (χ0n) is 13.0. The number of carbonyl (C=O) groups excluding carboxylic acids is 2. The Bertz CT molecular complexity index is 776. The third kappa shape index (κ3) is 3.40. The van der Waals surface area contributed by atoms with Gasteiger partial charge in [-0.15, -0.1) is 6.58 Å². The number of fused-ring (bicyclic) bond motifs is 1. The second-order valence-electron chi connectivity index (χ2n) is 5.38. The molecule has 0 saturated heterocycles. The van der Waals surface area contributed by atoms with Gasteiger partial charge in [0.15, 0.2) is 0 Å². The van der Waals surface area contributed by atoms with Crippen LogP contribution in [-0.4, -0.2) is 35.1 Å². The van der Waals surface area contributed by atoms with Crippen LogP contribution in [0.1, 0.15) is 15.9 Å². The van der Waals surface area contributed by atoms with E-state index in [9.17, 15) is 9.59 Å². The molecule has 24 heavy (non-hydrogen) atoms. The van der Waals surface area contributed by atoms with Crippen molar-refractivity contribution in [2.24, 2.45) is 0 Å². The second-order valence-corrected chi connectivity index (χ2v) is 5.38. The summed E-state index contributed by atoms with van der Waals surface area (Å²) in [6, 6.07) is 7.10. The van der Waals surface area contributed by atoms with Gasteiger partial charge in [0.2, 0.25) is 5.91 Å². The molecule has 122 valence electrons. The highest BCUT2D eigenvalue weighted by molar-refractivity contribution is 5.99. The lowest BCUT2D eigenvalue weighted by atomic mass is 10.1. The average molecular weight is 323 g/mol. The van der Waals surface area contributed by atoms with Crippen LogP contribution in [0.4, 0.5) is 11.4 Å². The van der Waals surface area contributed by atoms with Crippen LogP contribution < -0.4 is 15.5 Å². The number of aromatic nitrogens is 2. The highest BCUT2D eigenvalue weighted by Gasteiger charge is 2.21. The van der Waals surface area contributed by atoms with E-state index in [2.05, 4.69) is 27.4 Å². The van der Waals surface area contributed by atoms with Gasteiger partial charge in [-0.05, 0) is 23.8 Å². The first-order valence-electron chi connectivity index (χ1n) is 7.51. The molecule has 2 N–H and O–H groups in total. The van der Waals surface area contributed by atoms with Gasteiger partial charge in [0, 0.05) is 24.3 Å². The predicted octanol–water partition coefficient (Wildman–Crippen LogP) is 1.35. The lowest BCUT2D eigenvalue weighted by Gasteiger charge is -2.20. The number of hydrogen-bond acceptors (Lipinski definition) is 5. The van der Waals surface area contributed by atoms with E-state index in [0.717, 1.165) is 11.3 Å². The van der Waals surface area contributed by atoms with Crippen LogP contribution in [0.25, 0.3) is 0 Å². The largest absolute Gasteiger partial charge is 0.356 e. The number of carbonyl (C=O) groups is 2. The van der Waals surface area contributed by atoms with E-state index in [1.54, 1.807) is 30.6 Å². The van der Waals surface area contributed by atoms with E-state index in [4.69, 9.17) is 0 Å². The Morgan fingerprint density at radius 1 is 1.33 bits per heavy atom.